The van der Waals surface area contributed by atoms with Gasteiger partial charge in [-0.05, 0) is 80.3 Å². The highest BCUT2D eigenvalue weighted by Crippen LogP contribution is 2.42. The molecule has 2 saturated carbocycles. The monoisotopic (exact) mass is 533 g/mol. The first kappa shape index (κ1) is 25.8. The number of amides is 1. The van der Waals surface area contributed by atoms with E-state index in [2.05, 4.69) is 9.88 Å². The summed E-state index contributed by atoms with van der Waals surface area (Å²) in [6.45, 7) is 0.253. The van der Waals surface area contributed by atoms with Crippen LogP contribution in [0.1, 0.15) is 66.3 Å². The van der Waals surface area contributed by atoms with Gasteiger partial charge in [0.2, 0.25) is 0 Å². The number of sulfone groups is 1. The van der Waals surface area contributed by atoms with Crippen molar-refractivity contribution in [1.82, 2.24) is 14.9 Å². The van der Waals surface area contributed by atoms with Crippen LogP contribution in [0.15, 0.2) is 47.4 Å². The van der Waals surface area contributed by atoms with Gasteiger partial charge in [-0.2, -0.15) is 13.2 Å². The molecule has 0 radical (unpaired) electrons. The van der Waals surface area contributed by atoms with E-state index >= 15 is 0 Å². The van der Waals surface area contributed by atoms with Gasteiger partial charge in [-0.3, -0.25) is 4.79 Å². The van der Waals surface area contributed by atoms with Crippen molar-refractivity contribution in [3.8, 4) is 0 Å². The average Bonchev–Trinajstić information content (AvgIpc) is 3.62. The lowest BCUT2D eigenvalue weighted by Crippen LogP contribution is -2.28. The number of rotatable bonds is 7. The van der Waals surface area contributed by atoms with E-state index in [1.165, 1.54) is 12.1 Å². The number of alkyl halides is 3. The van der Waals surface area contributed by atoms with Gasteiger partial charge in [-0.1, -0.05) is 12.1 Å². The van der Waals surface area contributed by atoms with Gasteiger partial charge in [0.1, 0.15) is 5.82 Å². The Hall–Kier alpha value is -2.88. The summed E-state index contributed by atoms with van der Waals surface area (Å²) in [7, 11) is -3.28. The SMILES string of the molecule is CS(=O)(=O)c1ccc(CNC(=O)c2ccc3c(c2)nc(CC2CCC(C(F)(F)F)CC2)n3C2CC2)cc1. The molecule has 2 aliphatic rings. The molecule has 0 spiro atoms. The van der Waals surface area contributed by atoms with Gasteiger partial charge < -0.3 is 9.88 Å². The third-order valence-electron chi connectivity index (χ3n) is 7.52. The highest BCUT2D eigenvalue weighted by Gasteiger charge is 2.41. The number of nitrogens with one attached hydrogen (secondary N) is 1. The maximum Gasteiger partial charge on any atom is 0.391 e. The summed E-state index contributed by atoms with van der Waals surface area (Å²) in [6, 6.07) is 12.2. The normalized spacial score (nSPS) is 20.8. The Morgan fingerprint density at radius 1 is 1.03 bits per heavy atom. The molecule has 1 aromatic heterocycles. The van der Waals surface area contributed by atoms with Crippen molar-refractivity contribution >= 4 is 26.8 Å². The number of benzene rings is 2. The van der Waals surface area contributed by atoms with Crippen LogP contribution in [-0.4, -0.2) is 36.3 Å². The molecule has 1 heterocycles. The summed E-state index contributed by atoms with van der Waals surface area (Å²) in [6.07, 6.45) is 1.27. The Balaban J connectivity index is 1.28. The van der Waals surface area contributed by atoms with E-state index in [1.54, 1.807) is 24.3 Å². The minimum atomic E-state index is -4.11. The summed E-state index contributed by atoms with van der Waals surface area (Å²) in [5.41, 5.74) is 2.92. The molecular weight excluding hydrogens is 503 g/mol. The number of hydrogen-bond donors (Lipinski definition) is 1. The first-order chi connectivity index (χ1) is 17.5. The maximum absolute atomic E-state index is 13.1. The van der Waals surface area contributed by atoms with Crippen LogP contribution in [0.3, 0.4) is 0 Å². The van der Waals surface area contributed by atoms with E-state index in [1.807, 2.05) is 6.07 Å². The topological polar surface area (TPSA) is 81.1 Å². The number of nitrogens with zero attached hydrogens (tertiary/aromatic N) is 2. The Morgan fingerprint density at radius 3 is 2.30 bits per heavy atom. The zero-order chi connectivity index (χ0) is 26.4. The summed E-state index contributed by atoms with van der Waals surface area (Å²) >= 11 is 0. The van der Waals surface area contributed by atoms with Gasteiger partial charge in [0.05, 0.1) is 21.8 Å². The molecule has 0 aliphatic heterocycles. The summed E-state index contributed by atoms with van der Waals surface area (Å²) in [5, 5.41) is 2.86. The Bertz CT molecular complexity index is 1400. The summed E-state index contributed by atoms with van der Waals surface area (Å²) < 4.78 is 64.6. The van der Waals surface area contributed by atoms with Gasteiger partial charge in [0.15, 0.2) is 9.84 Å². The number of hydrogen-bond acceptors (Lipinski definition) is 4. The quantitative estimate of drug-likeness (QED) is 0.428. The fraction of sp³-hybridized carbons (Fsp3) is 0.481. The first-order valence-corrected chi connectivity index (χ1v) is 14.5. The van der Waals surface area contributed by atoms with Crippen molar-refractivity contribution in [2.45, 2.75) is 68.6 Å². The largest absolute Gasteiger partial charge is 0.391 e. The van der Waals surface area contributed by atoms with Gasteiger partial charge in [-0.15, -0.1) is 0 Å². The van der Waals surface area contributed by atoms with Crippen molar-refractivity contribution < 1.29 is 26.4 Å². The van der Waals surface area contributed by atoms with Gasteiger partial charge in [0.25, 0.3) is 5.91 Å². The molecule has 10 heteroatoms. The predicted molar refractivity (Wildman–Crippen MR) is 134 cm³/mol. The van der Waals surface area contributed by atoms with Crippen molar-refractivity contribution in [3.63, 3.8) is 0 Å². The zero-order valence-electron chi connectivity index (χ0n) is 20.6. The lowest BCUT2D eigenvalue weighted by atomic mass is 9.80. The molecule has 2 aromatic carbocycles. The second kappa shape index (κ2) is 9.78. The molecule has 3 aromatic rings. The molecular formula is C27H30F3N3O3S. The maximum atomic E-state index is 13.1. The third-order valence-corrected chi connectivity index (χ3v) is 8.65. The molecule has 2 fully saturated rings. The molecule has 0 unspecified atom stereocenters. The van der Waals surface area contributed by atoms with Crippen LogP contribution in [0.25, 0.3) is 11.0 Å². The van der Waals surface area contributed by atoms with E-state index in [0.29, 0.717) is 30.9 Å². The number of imidazole rings is 1. The highest BCUT2D eigenvalue weighted by molar-refractivity contribution is 7.90. The van der Waals surface area contributed by atoms with Crippen molar-refractivity contribution in [2.75, 3.05) is 6.26 Å². The van der Waals surface area contributed by atoms with Crippen LogP contribution >= 0.6 is 0 Å². The fourth-order valence-corrected chi connectivity index (χ4v) is 5.90. The smallest absolute Gasteiger partial charge is 0.348 e. The summed E-state index contributed by atoms with van der Waals surface area (Å²) in [5.74, 6) is -0.368. The molecule has 5 rings (SSSR count). The lowest BCUT2D eigenvalue weighted by molar-refractivity contribution is -0.183. The van der Waals surface area contributed by atoms with Crippen LogP contribution in [0.2, 0.25) is 0 Å². The van der Waals surface area contributed by atoms with E-state index in [9.17, 15) is 26.4 Å². The van der Waals surface area contributed by atoms with Crippen LogP contribution in [-0.2, 0) is 22.8 Å². The van der Waals surface area contributed by atoms with Crippen LogP contribution in [0.4, 0.5) is 13.2 Å². The van der Waals surface area contributed by atoms with Crippen LogP contribution in [0.5, 0.6) is 0 Å². The molecule has 1 N–H and O–H groups in total. The molecule has 198 valence electrons. The van der Waals surface area contributed by atoms with Gasteiger partial charge >= 0.3 is 6.18 Å². The minimum absolute atomic E-state index is 0.180. The van der Waals surface area contributed by atoms with Gasteiger partial charge in [0, 0.05) is 30.8 Å². The number of carbonyl (C=O) groups is 1. The van der Waals surface area contributed by atoms with E-state index in [4.69, 9.17) is 4.98 Å². The lowest BCUT2D eigenvalue weighted by Gasteiger charge is -2.29. The predicted octanol–water partition coefficient (Wildman–Crippen LogP) is 5.62. The highest BCUT2D eigenvalue weighted by atomic mass is 32.2. The number of aromatic nitrogens is 2. The van der Waals surface area contributed by atoms with E-state index in [-0.39, 0.29) is 36.1 Å². The van der Waals surface area contributed by atoms with Gasteiger partial charge in [-0.25, -0.2) is 13.4 Å². The van der Waals surface area contributed by atoms with Crippen LogP contribution in [0, 0.1) is 11.8 Å². The van der Waals surface area contributed by atoms with Crippen molar-refractivity contribution in [1.29, 1.82) is 0 Å². The van der Waals surface area contributed by atoms with Crippen molar-refractivity contribution in [2.24, 2.45) is 11.8 Å². The molecule has 2 aliphatic carbocycles. The number of carbonyl (C=O) groups excluding carboxylic acids is 1. The van der Waals surface area contributed by atoms with E-state index < -0.39 is 21.9 Å². The Kier molecular flexibility index (Phi) is 6.81. The third kappa shape index (κ3) is 5.84. The number of halogens is 3. The molecule has 37 heavy (non-hydrogen) atoms. The molecule has 1 amide bonds. The average molecular weight is 534 g/mol. The number of fused-ring (bicyclic) bond motifs is 1. The molecule has 0 saturated heterocycles. The van der Waals surface area contributed by atoms with Crippen molar-refractivity contribution in [3.05, 3.63) is 59.4 Å². The zero-order valence-corrected chi connectivity index (χ0v) is 21.4. The minimum Gasteiger partial charge on any atom is -0.348 e. The Morgan fingerprint density at radius 2 is 1.70 bits per heavy atom. The standard InChI is InChI=1S/C27H30F3N3O3S/c1-37(35,36)22-11-4-18(5-12-22)16-31-26(34)19-6-13-24-23(15-19)32-25(33(24)21-9-10-21)14-17-2-7-20(8-3-17)27(28,29)30/h4-6,11-13,15,17,20-21H,2-3,7-10,14,16H2,1H3,(H,31,34). The fourth-order valence-electron chi connectivity index (χ4n) is 5.27. The molecule has 0 atom stereocenters. The Labute approximate surface area is 214 Å². The van der Waals surface area contributed by atoms with Crippen LogP contribution < -0.4 is 5.32 Å². The van der Waals surface area contributed by atoms with E-state index in [0.717, 1.165) is 41.5 Å². The molecule has 0 bridgehead atoms. The molecule has 6 nitrogen and oxygen atoms in total. The second-order valence-corrected chi connectivity index (χ2v) is 12.4. The first-order valence-electron chi connectivity index (χ1n) is 12.6. The second-order valence-electron chi connectivity index (χ2n) is 10.4. The summed E-state index contributed by atoms with van der Waals surface area (Å²) in [4.78, 5) is 17.9.